The molecule has 0 bridgehead atoms. The van der Waals surface area contributed by atoms with Gasteiger partial charge in [-0.05, 0) is 35.9 Å². The van der Waals surface area contributed by atoms with Crippen molar-refractivity contribution in [2.45, 2.75) is 6.42 Å². The van der Waals surface area contributed by atoms with Crippen molar-refractivity contribution in [2.24, 2.45) is 0 Å². The summed E-state index contributed by atoms with van der Waals surface area (Å²) >= 11 is 0. The molecule has 0 unspecified atom stereocenters. The molecule has 104 valence electrons. The zero-order valence-corrected chi connectivity index (χ0v) is 11.0. The molecule has 5 nitrogen and oxygen atoms in total. The fraction of sp³-hybridized carbons (Fsp3) is 0.0625. The van der Waals surface area contributed by atoms with Gasteiger partial charge in [0.05, 0.1) is 18.1 Å². The summed E-state index contributed by atoms with van der Waals surface area (Å²) in [6, 6.07) is 15.0. The molecule has 0 radical (unpaired) electrons. The van der Waals surface area contributed by atoms with Crippen molar-refractivity contribution in [1.29, 1.82) is 5.26 Å². The lowest BCUT2D eigenvalue weighted by molar-refractivity contribution is -0.136. The highest BCUT2D eigenvalue weighted by atomic mass is 16.4. The predicted octanol–water partition coefficient (Wildman–Crippen LogP) is 2.44. The molecule has 0 aliphatic heterocycles. The molecule has 0 saturated carbocycles. The summed E-state index contributed by atoms with van der Waals surface area (Å²) in [6.07, 6.45) is -0.211. The molecule has 0 fully saturated rings. The van der Waals surface area contributed by atoms with Crippen LogP contribution in [0.1, 0.15) is 21.5 Å². The second kappa shape index (κ2) is 6.35. The number of carbonyl (C=O) groups excluding carboxylic acids is 1. The van der Waals surface area contributed by atoms with Crippen LogP contribution < -0.4 is 5.32 Å². The van der Waals surface area contributed by atoms with E-state index < -0.39 is 5.97 Å². The van der Waals surface area contributed by atoms with Crippen molar-refractivity contribution in [1.82, 2.24) is 0 Å². The number of anilines is 1. The largest absolute Gasteiger partial charge is 0.481 e. The Hall–Kier alpha value is -3.13. The first kappa shape index (κ1) is 14.3. The topological polar surface area (TPSA) is 90.2 Å². The van der Waals surface area contributed by atoms with Crippen molar-refractivity contribution in [3.8, 4) is 6.07 Å². The van der Waals surface area contributed by atoms with Crippen molar-refractivity contribution in [3.05, 3.63) is 65.2 Å². The van der Waals surface area contributed by atoms with Crippen molar-refractivity contribution in [3.63, 3.8) is 0 Å². The van der Waals surface area contributed by atoms with E-state index in [1.54, 1.807) is 48.5 Å². The standard InChI is InChI=1S/C16H12N2O3/c17-10-11-5-7-13(8-6-11)18-16(21)14-4-2-1-3-12(14)9-15(19)20/h1-8H,9H2,(H,18,21)(H,19,20). The Morgan fingerprint density at radius 1 is 1.10 bits per heavy atom. The van der Waals surface area contributed by atoms with Gasteiger partial charge in [-0.1, -0.05) is 18.2 Å². The van der Waals surface area contributed by atoms with E-state index in [4.69, 9.17) is 10.4 Å². The second-order valence-corrected chi connectivity index (χ2v) is 4.37. The maximum absolute atomic E-state index is 12.2. The molecule has 0 saturated heterocycles. The number of hydrogen-bond donors (Lipinski definition) is 2. The number of carboxylic acids is 1. The number of nitrogens with zero attached hydrogens (tertiary/aromatic N) is 1. The summed E-state index contributed by atoms with van der Waals surface area (Å²) in [5.41, 5.74) is 1.82. The average Bonchev–Trinajstić information content (AvgIpc) is 2.48. The van der Waals surface area contributed by atoms with Crippen LogP contribution in [0.25, 0.3) is 0 Å². The van der Waals surface area contributed by atoms with Crippen LogP contribution in [0.15, 0.2) is 48.5 Å². The van der Waals surface area contributed by atoms with Gasteiger partial charge in [-0.15, -0.1) is 0 Å². The Bertz CT molecular complexity index is 715. The Labute approximate surface area is 121 Å². The molecule has 0 aliphatic carbocycles. The summed E-state index contributed by atoms with van der Waals surface area (Å²) in [4.78, 5) is 23.0. The third kappa shape index (κ3) is 3.67. The lowest BCUT2D eigenvalue weighted by atomic mass is 10.0. The molecule has 5 heteroatoms. The summed E-state index contributed by atoms with van der Waals surface area (Å²) < 4.78 is 0. The molecule has 1 amide bonds. The van der Waals surface area contributed by atoms with Gasteiger partial charge in [0.2, 0.25) is 0 Å². The van der Waals surface area contributed by atoms with Crippen LogP contribution >= 0.6 is 0 Å². The highest BCUT2D eigenvalue weighted by Gasteiger charge is 2.13. The fourth-order valence-corrected chi connectivity index (χ4v) is 1.89. The highest BCUT2D eigenvalue weighted by molar-refractivity contribution is 6.05. The Morgan fingerprint density at radius 2 is 1.76 bits per heavy atom. The van der Waals surface area contributed by atoms with Gasteiger partial charge >= 0.3 is 5.97 Å². The average molecular weight is 280 g/mol. The first-order valence-electron chi connectivity index (χ1n) is 6.21. The fourth-order valence-electron chi connectivity index (χ4n) is 1.89. The van der Waals surface area contributed by atoms with Gasteiger partial charge in [-0.2, -0.15) is 5.26 Å². The summed E-state index contributed by atoms with van der Waals surface area (Å²) in [5.74, 6) is -1.37. The number of aliphatic carboxylic acids is 1. The van der Waals surface area contributed by atoms with Crippen LogP contribution in [0.3, 0.4) is 0 Å². The maximum atomic E-state index is 12.2. The molecule has 2 aromatic carbocycles. The predicted molar refractivity (Wildman–Crippen MR) is 76.9 cm³/mol. The van der Waals surface area contributed by atoms with Crippen LogP contribution in [0.4, 0.5) is 5.69 Å². The van der Waals surface area contributed by atoms with E-state index in [0.717, 1.165) is 0 Å². The molecule has 0 aliphatic rings. The smallest absolute Gasteiger partial charge is 0.307 e. The molecule has 2 N–H and O–H groups in total. The van der Waals surface area contributed by atoms with E-state index in [1.807, 2.05) is 6.07 Å². The summed E-state index contributed by atoms with van der Waals surface area (Å²) in [6.45, 7) is 0. The number of amides is 1. The van der Waals surface area contributed by atoms with Gasteiger partial charge in [0.15, 0.2) is 0 Å². The van der Waals surface area contributed by atoms with Gasteiger partial charge in [-0.3, -0.25) is 9.59 Å². The van der Waals surface area contributed by atoms with Crippen LogP contribution in [-0.4, -0.2) is 17.0 Å². The Balaban J connectivity index is 2.20. The SMILES string of the molecule is N#Cc1ccc(NC(=O)c2ccccc2CC(=O)O)cc1. The van der Waals surface area contributed by atoms with Gasteiger partial charge in [0, 0.05) is 11.3 Å². The quantitative estimate of drug-likeness (QED) is 0.900. The van der Waals surface area contributed by atoms with Crippen molar-refractivity contribution < 1.29 is 14.7 Å². The first-order chi connectivity index (χ1) is 10.1. The third-order valence-corrected chi connectivity index (χ3v) is 2.88. The molecule has 0 aromatic heterocycles. The highest BCUT2D eigenvalue weighted by Crippen LogP contribution is 2.14. The molecule has 2 aromatic rings. The van der Waals surface area contributed by atoms with Crippen LogP contribution in [0, 0.1) is 11.3 Å². The molecule has 0 heterocycles. The first-order valence-corrected chi connectivity index (χ1v) is 6.21. The minimum atomic E-state index is -0.992. The van der Waals surface area contributed by atoms with Crippen molar-refractivity contribution in [2.75, 3.05) is 5.32 Å². The molecule has 0 spiro atoms. The number of carbonyl (C=O) groups is 2. The number of hydrogen-bond acceptors (Lipinski definition) is 3. The van der Waals surface area contributed by atoms with Crippen LogP contribution in [0.2, 0.25) is 0 Å². The van der Waals surface area contributed by atoms with E-state index >= 15 is 0 Å². The second-order valence-electron chi connectivity index (χ2n) is 4.37. The maximum Gasteiger partial charge on any atom is 0.307 e. The molecule has 2 rings (SSSR count). The Morgan fingerprint density at radius 3 is 2.38 bits per heavy atom. The minimum absolute atomic E-state index is 0.211. The minimum Gasteiger partial charge on any atom is -0.481 e. The van der Waals surface area contributed by atoms with E-state index in [2.05, 4.69) is 5.32 Å². The van der Waals surface area contributed by atoms with E-state index in [1.165, 1.54) is 0 Å². The third-order valence-electron chi connectivity index (χ3n) is 2.88. The van der Waals surface area contributed by atoms with Gasteiger partial charge in [-0.25, -0.2) is 0 Å². The van der Waals surface area contributed by atoms with E-state index in [0.29, 0.717) is 22.4 Å². The molecular formula is C16H12N2O3. The molecule has 0 atom stereocenters. The summed E-state index contributed by atoms with van der Waals surface area (Å²) in [7, 11) is 0. The number of carboxylic acid groups (broad SMARTS) is 1. The normalized spacial score (nSPS) is 9.67. The van der Waals surface area contributed by atoms with E-state index in [9.17, 15) is 9.59 Å². The van der Waals surface area contributed by atoms with Crippen LogP contribution in [0.5, 0.6) is 0 Å². The number of nitrogens with one attached hydrogen (secondary N) is 1. The lowest BCUT2D eigenvalue weighted by Crippen LogP contribution is -2.15. The van der Waals surface area contributed by atoms with Crippen molar-refractivity contribution >= 4 is 17.6 Å². The Kier molecular flexibility index (Phi) is 4.32. The van der Waals surface area contributed by atoms with Gasteiger partial charge < -0.3 is 10.4 Å². The van der Waals surface area contributed by atoms with Gasteiger partial charge in [0.25, 0.3) is 5.91 Å². The zero-order valence-electron chi connectivity index (χ0n) is 11.0. The van der Waals surface area contributed by atoms with E-state index in [-0.39, 0.29) is 12.3 Å². The number of benzene rings is 2. The molecular weight excluding hydrogens is 268 g/mol. The number of nitriles is 1. The van der Waals surface area contributed by atoms with Crippen LogP contribution in [-0.2, 0) is 11.2 Å². The summed E-state index contributed by atoms with van der Waals surface area (Å²) in [5, 5.41) is 20.3. The number of rotatable bonds is 4. The molecule has 21 heavy (non-hydrogen) atoms. The lowest BCUT2D eigenvalue weighted by Gasteiger charge is -2.09. The zero-order chi connectivity index (χ0) is 15.2. The monoisotopic (exact) mass is 280 g/mol. The van der Waals surface area contributed by atoms with Gasteiger partial charge in [0.1, 0.15) is 0 Å².